The van der Waals surface area contributed by atoms with Crippen LogP contribution in [0.3, 0.4) is 0 Å². The van der Waals surface area contributed by atoms with E-state index in [-0.39, 0.29) is 11.8 Å². The Kier molecular flexibility index (Phi) is 5.28. The van der Waals surface area contributed by atoms with Gasteiger partial charge in [-0.25, -0.2) is 15.0 Å². The Morgan fingerprint density at radius 2 is 1.96 bits per heavy atom. The van der Waals surface area contributed by atoms with Crippen molar-refractivity contribution >= 4 is 17.5 Å². The zero-order valence-electron chi connectivity index (χ0n) is 15.9. The van der Waals surface area contributed by atoms with Crippen molar-refractivity contribution in [3.8, 4) is 11.3 Å². The molecular weight excluding hydrogens is 350 g/mol. The van der Waals surface area contributed by atoms with Gasteiger partial charge in [0.25, 0.3) is 0 Å². The first-order chi connectivity index (χ1) is 13.7. The van der Waals surface area contributed by atoms with Gasteiger partial charge >= 0.3 is 0 Å². The Morgan fingerprint density at radius 3 is 2.79 bits per heavy atom. The predicted molar refractivity (Wildman–Crippen MR) is 110 cm³/mol. The molecule has 0 saturated carbocycles. The van der Waals surface area contributed by atoms with Gasteiger partial charge in [-0.15, -0.1) is 0 Å². The number of aryl methyl sites for hydroxylation is 1. The SMILES string of the molecule is Cc1cccc(NC(=O)C2CCCN(c3cc(-c4ccccc4)ncn3)C2)n1. The fourth-order valence-corrected chi connectivity index (χ4v) is 3.53. The van der Waals surface area contributed by atoms with Crippen molar-refractivity contribution in [3.63, 3.8) is 0 Å². The third-order valence-corrected chi connectivity index (χ3v) is 4.98. The van der Waals surface area contributed by atoms with Gasteiger partial charge in [-0.3, -0.25) is 4.79 Å². The summed E-state index contributed by atoms with van der Waals surface area (Å²) in [5.41, 5.74) is 2.83. The zero-order chi connectivity index (χ0) is 19.3. The summed E-state index contributed by atoms with van der Waals surface area (Å²) >= 11 is 0. The van der Waals surface area contributed by atoms with Gasteiger partial charge in [0.1, 0.15) is 18.0 Å². The first-order valence-corrected chi connectivity index (χ1v) is 9.56. The minimum absolute atomic E-state index is 0.0140. The average molecular weight is 373 g/mol. The number of carbonyl (C=O) groups is 1. The van der Waals surface area contributed by atoms with E-state index in [0.29, 0.717) is 12.4 Å². The Hall–Kier alpha value is -3.28. The standard InChI is InChI=1S/C22H23N5O/c1-16-7-5-11-20(25-16)26-22(28)18-10-6-12-27(14-18)21-13-19(23-15-24-21)17-8-3-2-4-9-17/h2-5,7-9,11,13,15,18H,6,10,12,14H2,1H3,(H,25,26,28). The molecule has 4 rings (SSSR count). The molecule has 1 aromatic carbocycles. The highest BCUT2D eigenvalue weighted by Gasteiger charge is 2.27. The van der Waals surface area contributed by atoms with Crippen LogP contribution in [0.4, 0.5) is 11.6 Å². The van der Waals surface area contributed by atoms with Gasteiger partial charge in [0.15, 0.2) is 0 Å². The number of rotatable bonds is 4. The molecule has 1 N–H and O–H groups in total. The van der Waals surface area contributed by atoms with E-state index < -0.39 is 0 Å². The number of nitrogens with zero attached hydrogens (tertiary/aromatic N) is 4. The number of pyridine rings is 1. The van der Waals surface area contributed by atoms with Crippen LogP contribution in [0.15, 0.2) is 60.9 Å². The molecule has 28 heavy (non-hydrogen) atoms. The zero-order valence-corrected chi connectivity index (χ0v) is 15.9. The second kappa shape index (κ2) is 8.17. The van der Waals surface area contributed by atoms with Crippen LogP contribution in [0.5, 0.6) is 0 Å². The van der Waals surface area contributed by atoms with E-state index in [1.807, 2.05) is 61.5 Å². The first-order valence-electron chi connectivity index (χ1n) is 9.56. The van der Waals surface area contributed by atoms with Crippen molar-refractivity contribution in [1.82, 2.24) is 15.0 Å². The van der Waals surface area contributed by atoms with Crippen LogP contribution in [-0.2, 0) is 4.79 Å². The Morgan fingerprint density at radius 1 is 1.11 bits per heavy atom. The highest BCUT2D eigenvalue weighted by atomic mass is 16.2. The molecule has 1 aliphatic heterocycles. The molecule has 0 bridgehead atoms. The summed E-state index contributed by atoms with van der Waals surface area (Å²) in [7, 11) is 0. The van der Waals surface area contributed by atoms with Crippen molar-refractivity contribution in [1.29, 1.82) is 0 Å². The molecule has 1 amide bonds. The van der Waals surface area contributed by atoms with E-state index in [0.717, 1.165) is 42.2 Å². The van der Waals surface area contributed by atoms with E-state index >= 15 is 0 Å². The summed E-state index contributed by atoms with van der Waals surface area (Å²) in [6.07, 6.45) is 3.41. The predicted octanol–water partition coefficient (Wildman–Crippen LogP) is 3.70. The van der Waals surface area contributed by atoms with Crippen molar-refractivity contribution in [2.75, 3.05) is 23.3 Å². The molecule has 1 unspecified atom stereocenters. The van der Waals surface area contributed by atoms with Crippen LogP contribution in [0.25, 0.3) is 11.3 Å². The third kappa shape index (κ3) is 4.17. The topological polar surface area (TPSA) is 71.0 Å². The lowest BCUT2D eigenvalue weighted by Crippen LogP contribution is -2.41. The Bertz CT molecular complexity index is 960. The van der Waals surface area contributed by atoms with Gasteiger partial charge in [0, 0.05) is 30.4 Å². The molecule has 3 heterocycles. The molecule has 142 valence electrons. The van der Waals surface area contributed by atoms with E-state index in [1.54, 1.807) is 6.33 Å². The lowest BCUT2D eigenvalue weighted by Gasteiger charge is -2.32. The average Bonchev–Trinajstić information content (AvgIpc) is 2.74. The number of anilines is 2. The van der Waals surface area contributed by atoms with Crippen LogP contribution >= 0.6 is 0 Å². The summed E-state index contributed by atoms with van der Waals surface area (Å²) in [5, 5.41) is 2.95. The van der Waals surface area contributed by atoms with Crippen molar-refractivity contribution < 1.29 is 4.79 Å². The smallest absolute Gasteiger partial charge is 0.230 e. The minimum atomic E-state index is -0.0915. The largest absolute Gasteiger partial charge is 0.356 e. The summed E-state index contributed by atoms with van der Waals surface area (Å²) in [6, 6.07) is 17.7. The highest BCUT2D eigenvalue weighted by Crippen LogP contribution is 2.25. The monoisotopic (exact) mass is 373 g/mol. The van der Waals surface area contributed by atoms with E-state index in [4.69, 9.17) is 0 Å². The number of benzene rings is 1. The van der Waals surface area contributed by atoms with Crippen LogP contribution in [-0.4, -0.2) is 33.9 Å². The fourth-order valence-electron chi connectivity index (χ4n) is 3.53. The number of aromatic nitrogens is 3. The minimum Gasteiger partial charge on any atom is -0.356 e. The van der Waals surface area contributed by atoms with Crippen LogP contribution in [0.1, 0.15) is 18.5 Å². The number of hydrogen-bond acceptors (Lipinski definition) is 5. The van der Waals surface area contributed by atoms with Crippen molar-refractivity contribution in [2.24, 2.45) is 5.92 Å². The second-order valence-corrected chi connectivity index (χ2v) is 7.07. The van der Waals surface area contributed by atoms with Crippen molar-refractivity contribution in [3.05, 3.63) is 66.6 Å². The van der Waals surface area contributed by atoms with Gasteiger partial charge in [0.05, 0.1) is 11.6 Å². The molecule has 0 spiro atoms. The molecule has 6 nitrogen and oxygen atoms in total. The van der Waals surface area contributed by atoms with Gasteiger partial charge < -0.3 is 10.2 Å². The molecule has 2 aromatic heterocycles. The van der Waals surface area contributed by atoms with Gasteiger partial charge in [-0.2, -0.15) is 0 Å². The molecule has 0 radical (unpaired) electrons. The quantitative estimate of drug-likeness (QED) is 0.755. The normalized spacial score (nSPS) is 16.6. The fraction of sp³-hybridized carbons (Fsp3) is 0.273. The van der Waals surface area contributed by atoms with Gasteiger partial charge in [-0.1, -0.05) is 36.4 Å². The van der Waals surface area contributed by atoms with Crippen LogP contribution in [0.2, 0.25) is 0 Å². The summed E-state index contributed by atoms with van der Waals surface area (Å²) < 4.78 is 0. The maximum atomic E-state index is 12.7. The molecule has 0 aliphatic carbocycles. The van der Waals surface area contributed by atoms with Crippen LogP contribution in [0, 0.1) is 12.8 Å². The number of nitrogens with one attached hydrogen (secondary N) is 1. The summed E-state index contributed by atoms with van der Waals surface area (Å²) in [4.78, 5) is 28.1. The lowest BCUT2D eigenvalue weighted by atomic mass is 9.97. The van der Waals surface area contributed by atoms with Crippen molar-refractivity contribution in [2.45, 2.75) is 19.8 Å². The maximum absolute atomic E-state index is 12.7. The molecule has 1 fully saturated rings. The number of carbonyl (C=O) groups excluding carboxylic acids is 1. The molecule has 1 aliphatic rings. The molecule has 1 atom stereocenters. The van der Waals surface area contributed by atoms with E-state index in [9.17, 15) is 4.79 Å². The lowest BCUT2D eigenvalue weighted by molar-refractivity contribution is -0.120. The first kappa shape index (κ1) is 18.1. The number of hydrogen-bond donors (Lipinski definition) is 1. The summed E-state index contributed by atoms with van der Waals surface area (Å²) in [6.45, 7) is 3.44. The molecule has 3 aromatic rings. The van der Waals surface area contributed by atoms with Gasteiger partial charge in [-0.05, 0) is 31.9 Å². The highest BCUT2D eigenvalue weighted by molar-refractivity contribution is 5.92. The van der Waals surface area contributed by atoms with Crippen LogP contribution < -0.4 is 10.2 Å². The maximum Gasteiger partial charge on any atom is 0.230 e. The molecule has 1 saturated heterocycles. The molecular formula is C22H23N5O. The number of amides is 1. The molecule has 6 heteroatoms. The van der Waals surface area contributed by atoms with E-state index in [2.05, 4.69) is 25.2 Å². The third-order valence-electron chi connectivity index (χ3n) is 4.98. The Balaban J connectivity index is 1.47. The number of piperidine rings is 1. The van der Waals surface area contributed by atoms with E-state index in [1.165, 1.54) is 0 Å². The summed E-state index contributed by atoms with van der Waals surface area (Å²) in [5.74, 6) is 1.39. The van der Waals surface area contributed by atoms with Gasteiger partial charge in [0.2, 0.25) is 5.91 Å². The Labute approximate surface area is 164 Å². The second-order valence-electron chi connectivity index (χ2n) is 7.07.